The quantitative estimate of drug-likeness (QED) is 0.736. The Morgan fingerprint density at radius 3 is 2.47 bits per heavy atom. The third kappa shape index (κ3) is 3.65. The highest BCUT2D eigenvalue weighted by molar-refractivity contribution is 7.87. The van der Waals surface area contributed by atoms with Gasteiger partial charge in [0.2, 0.25) is 5.91 Å². The molecule has 1 fully saturated rings. The van der Waals surface area contributed by atoms with Crippen LogP contribution in [0.1, 0.15) is 20.3 Å². The molecule has 1 aliphatic heterocycles. The minimum Gasteiger partial charge on any atom is -0.340 e. The molecule has 17 heavy (non-hydrogen) atoms. The zero-order valence-electron chi connectivity index (χ0n) is 10.8. The summed E-state index contributed by atoms with van der Waals surface area (Å²) in [5, 5.41) is 0. The molecule has 100 valence electrons. The third-order valence-electron chi connectivity index (χ3n) is 2.90. The van der Waals surface area contributed by atoms with Crippen LogP contribution in [-0.4, -0.2) is 56.8 Å². The average Bonchev–Trinajstić information content (AvgIpc) is 2.57. The lowest BCUT2D eigenvalue weighted by Gasteiger charge is -2.21. The highest BCUT2D eigenvalue weighted by Crippen LogP contribution is 2.19. The van der Waals surface area contributed by atoms with Gasteiger partial charge in [0.05, 0.1) is 0 Å². The molecule has 0 spiro atoms. The topological polar surface area (TPSA) is 69.7 Å². The molecule has 6 nitrogen and oxygen atoms in total. The Kier molecular flexibility index (Phi) is 4.51. The van der Waals surface area contributed by atoms with Crippen molar-refractivity contribution in [1.82, 2.24) is 13.9 Å². The van der Waals surface area contributed by atoms with Gasteiger partial charge in [-0.1, -0.05) is 0 Å². The second-order valence-corrected chi connectivity index (χ2v) is 6.81. The van der Waals surface area contributed by atoms with E-state index >= 15 is 0 Å². The molecule has 1 atom stereocenters. The number of carbonyl (C=O) groups is 1. The first kappa shape index (κ1) is 14.4. The normalized spacial score (nSPS) is 21.9. The highest BCUT2D eigenvalue weighted by Gasteiger charge is 2.31. The summed E-state index contributed by atoms with van der Waals surface area (Å²) in [6.07, 6.45) is 0.425. The molecule has 0 saturated carbocycles. The van der Waals surface area contributed by atoms with E-state index in [0.717, 1.165) is 4.31 Å². The van der Waals surface area contributed by atoms with Crippen molar-refractivity contribution in [2.75, 3.05) is 27.2 Å². The van der Waals surface area contributed by atoms with Gasteiger partial charge in [0.1, 0.15) is 0 Å². The number of rotatable bonds is 5. The summed E-state index contributed by atoms with van der Waals surface area (Å²) in [5.74, 6) is 0.175. The minimum absolute atomic E-state index is 0.0691. The van der Waals surface area contributed by atoms with E-state index in [0.29, 0.717) is 19.5 Å². The lowest BCUT2D eigenvalue weighted by Crippen LogP contribution is -2.39. The molecule has 0 aliphatic carbocycles. The number of amides is 1. The number of likely N-dealkylation sites (tertiary alicyclic amines) is 1. The second kappa shape index (κ2) is 5.32. The summed E-state index contributed by atoms with van der Waals surface area (Å²) in [6, 6.07) is 0.179. The Labute approximate surface area is 103 Å². The largest absolute Gasteiger partial charge is 0.340 e. The van der Waals surface area contributed by atoms with Crippen LogP contribution in [0.4, 0.5) is 0 Å². The summed E-state index contributed by atoms with van der Waals surface area (Å²) in [6.45, 7) is 4.87. The van der Waals surface area contributed by atoms with E-state index in [1.807, 2.05) is 13.8 Å². The fourth-order valence-electron chi connectivity index (χ4n) is 1.80. The van der Waals surface area contributed by atoms with Gasteiger partial charge < -0.3 is 4.90 Å². The van der Waals surface area contributed by atoms with Crippen molar-refractivity contribution < 1.29 is 13.2 Å². The van der Waals surface area contributed by atoms with Gasteiger partial charge in [0.25, 0.3) is 10.2 Å². The zero-order valence-corrected chi connectivity index (χ0v) is 11.6. The van der Waals surface area contributed by atoms with Crippen LogP contribution in [0.5, 0.6) is 0 Å². The van der Waals surface area contributed by atoms with Crippen LogP contribution in [0.3, 0.4) is 0 Å². The van der Waals surface area contributed by atoms with E-state index in [4.69, 9.17) is 0 Å². The van der Waals surface area contributed by atoms with E-state index < -0.39 is 10.2 Å². The molecule has 7 heteroatoms. The van der Waals surface area contributed by atoms with E-state index in [9.17, 15) is 13.2 Å². The number of carbonyl (C=O) groups excluding carboxylic acids is 1. The van der Waals surface area contributed by atoms with E-state index in [-0.39, 0.29) is 17.9 Å². The van der Waals surface area contributed by atoms with Gasteiger partial charge >= 0.3 is 0 Å². The lowest BCUT2D eigenvalue weighted by molar-refractivity contribution is -0.129. The maximum absolute atomic E-state index is 11.6. The standard InChI is InChI=1S/C10H21N3O3S/c1-8(2)13-7-9(5-10(13)14)6-11-17(15,16)12(3)4/h8-9,11H,5-7H2,1-4H3. The molecule has 1 aliphatic rings. The SMILES string of the molecule is CC(C)N1CC(CNS(=O)(=O)N(C)C)CC1=O. The molecule has 1 rings (SSSR count). The Morgan fingerprint density at radius 1 is 1.47 bits per heavy atom. The number of nitrogens with one attached hydrogen (secondary N) is 1. The molecule has 1 unspecified atom stereocenters. The molecule has 0 radical (unpaired) electrons. The van der Waals surface area contributed by atoms with Gasteiger partial charge in [0.15, 0.2) is 0 Å². The fraction of sp³-hybridized carbons (Fsp3) is 0.900. The maximum atomic E-state index is 11.6. The minimum atomic E-state index is -3.39. The predicted molar refractivity (Wildman–Crippen MR) is 65.6 cm³/mol. The summed E-state index contributed by atoms with van der Waals surface area (Å²) >= 11 is 0. The van der Waals surface area contributed by atoms with E-state index in [1.54, 1.807) is 4.90 Å². The highest BCUT2D eigenvalue weighted by atomic mass is 32.2. The summed E-state index contributed by atoms with van der Waals surface area (Å²) in [7, 11) is -0.438. The van der Waals surface area contributed by atoms with Crippen LogP contribution < -0.4 is 4.72 Å². The smallest absolute Gasteiger partial charge is 0.278 e. The number of nitrogens with zero attached hydrogens (tertiary/aromatic N) is 2. The molecule has 0 aromatic heterocycles. The van der Waals surface area contributed by atoms with Crippen LogP contribution in [-0.2, 0) is 15.0 Å². The Hall–Kier alpha value is -0.660. The fourth-order valence-corrected chi connectivity index (χ4v) is 2.50. The first-order valence-electron chi connectivity index (χ1n) is 5.70. The molecule has 1 heterocycles. The van der Waals surface area contributed by atoms with Crippen LogP contribution >= 0.6 is 0 Å². The first-order valence-corrected chi connectivity index (χ1v) is 7.14. The van der Waals surface area contributed by atoms with Gasteiger partial charge in [-0.15, -0.1) is 0 Å². The zero-order chi connectivity index (χ0) is 13.2. The van der Waals surface area contributed by atoms with Crippen molar-refractivity contribution in [2.45, 2.75) is 26.3 Å². The van der Waals surface area contributed by atoms with Crippen LogP contribution in [0.25, 0.3) is 0 Å². The molecule has 0 aromatic carbocycles. The van der Waals surface area contributed by atoms with Gasteiger partial charge in [-0.05, 0) is 19.8 Å². The van der Waals surface area contributed by atoms with Gasteiger partial charge in [-0.25, -0.2) is 4.72 Å². The molecule has 1 saturated heterocycles. The van der Waals surface area contributed by atoms with Crippen LogP contribution in [0.15, 0.2) is 0 Å². The van der Waals surface area contributed by atoms with Gasteiger partial charge in [-0.3, -0.25) is 4.79 Å². The molecular formula is C10H21N3O3S. The number of hydrogen-bond donors (Lipinski definition) is 1. The lowest BCUT2D eigenvalue weighted by atomic mass is 10.1. The monoisotopic (exact) mass is 263 g/mol. The van der Waals surface area contributed by atoms with Crippen molar-refractivity contribution in [2.24, 2.45) is 5.92 Å². The van der Waals surface area contributed by atoms with Gasteiger partial charge in [0, 0.05) is 39.6 Å². The first-order chi connectivity index (χ1) is 7.74. The number of hydrogen-bond acceptors (Lipinski definition) is 3. The summed E-state index contributed by atoms with van der Waals surface area (Å²) in [4.78, 5) is 13.4. The second-order valence-electron chi connectivity index (χ2n) is 4.85. The van der Waals surface area contributed by atoms with E-state index in [1.165, 1.54) is 14.1 Å². The summed E-state index contributed by atoms with van der Waals surface area (Å²) in [5.41, 5.74) is 0. The molecule has 1 amide bonds. The Morgan fingerprint density at radius 2 is 2.06 bits per heavy atom. The van der Waals surface area contributed by atoms with Crippen molar-refractivity contribution >= 4 is 16.1 Å². The molecule has 0 aromatic rings. The predicted octanol–water partition coefficient (Wildman–Crippen LogP) is -0.361. The van der Waals surface area contributed by atoms with Crippen molar-refractivity contribution in [1.29, 1.82) is 0 Å². The van der Waals surface area contributed by atoms with Crippen LogP contribution in [0, 0.1) is 5.92 Å². The Balaban J connectivity index is 2.49. The molecular weight excluding hydrogens is 242 g/mol. The van der Waals surface area contributed by atoms with Crippen molar-refractivity contribution in [3.63, 3.8) is 0 Å². The average molecular weight is 263 g/mol. The molecule has 1 N–H and O–H groups in total. The molecule has 0 bridgehead atoms. The third-order valence-corrected chi connectivity index (χ3v) is 4.39. The van der Waals surface area contributed by atoms with Crippen LogP contribution in [0.2, 0.25) is 0 Å². The van der Waals surface area contributed by atoms with Crippen molar-refractivity contribution in [3.8, 4) is 0 Å². The summed E-state index contributed by atoms with van der Waals surface area (Å²) < 4.78 is 26.6. The van der Waals surface area contributed by atoms with Crippen molar-refractivity contribution in [3.05, 3.63) is 0 Å². The van der Waals surface area contributed by atoms with Gasteiger partial charge in [-0.2, -0.15) is 12.7 Å². The Bertz CT molecular complexity index is 378. The maximum Gasteiger partial charge on any atom is 0.278 e. The van der Waals surface area contributed by atoms with E-state index in [2.05, 4.69) is 4.72 Å².